The van der Waals surface area contributed by atoms with Crippen LogP contribution in [0, 0.1) is 0 Å². The summed E-state index contributed by atoms with van der Waals surface area (Å²) in [7, 11) is 0. The molecule has 0 amide bonds. The Labute approximate surface area is 709 Å². The summed E-state index contributed by atoms with van der Waals surface area (Å²) >= 11 is 5.67. The van der Waals surface area contributed by atoms with Crippen molar-refractivity contribution in [2.24, 2.45) is 0 Å². The minimum Gasteiger partial charge on any atom is -0.309 e. The van der Waals surface area contributed by atoms with E-state index in [9.17, 15) is 0 Å². The average Bonchev–Trinajstić information content (AvgIpc) is 1.55. The number of fused-ring (bicyclic) bond motifs is 45. The first-order valence-corrected chi connectivity index (χ1v) is 43.9. The molecule has 570 valence electrons. The van der Waals surface area contributed by atoms with Gasteiger partial charge in [-0.3, -0.25) is 18.2 Å². The zero-order valence-corrected chi connectivity index (χ0v) is 67.8. The number of hydrogen-bond donors (Lipinski definition) is 0. The second kappa shape index (κ2) is 25.4. The van der Waals surface area contributed by atoms with E-state index in [0.717, 1.165) is 105 Å². The van der Waals surface area contributed by atoms with Crippen LogP contribution in [0.3, 0.4) is 0 Å². The van der Waals surface area contributed by atoms with Gasteiger partial charge in [0.25, 0.3) is 0 Å². The topological polar surface area (TPSA) is 92.5 Å². The van der Waals surface area contributed by atoms with Crippen LogP contribution in [0.2, 0.25) is 0 Å². The number of pyridine rings is 5. The molecule has 0 fully saturated rings. The van der Waals surface area contributed by atoms with E-state index in [1.54, 1.807) is 0 Å². The zero-order chi connectivity index (χ0) is 80.0. The van der Waals surface area contributed by atoms with E-state index in [1.165, 1.54) is 153 Å². The third-order valence-electron chi connectivity index (χ3n) is 25.7. The molecule has 30 aromatic rings. The molecule has 0 radical (unpaired) electrons. The van der Waals surface area contributed by atoms with Gasteiger partial charge in [-0.1, -0.05) is 182 Å². The van der Waals surface area contributed by atoms with Crippen molar-refractivity contribution in [1.29, 1.82) is 0 Å². The molecule has 0 N–H and O–H groups in total. The second-order valence-corrected chi connectivity index (χ2v) is 35.3. The van der Waals surface area contributed by atoms with Crippen molar-refractivity contribution in [3.05, 3.63) is 370 Å². The second-order valence-electron chi connectivity index (χ2n) is 32.1. The van der Waals surface area contributed by atoms with Crippen LogP contribution in [-0.2, 0) is 0 Å². The summed E-state index contributed by atoms with van der Waals surface area (Å²) in [5.41, 5.74) is 24.0. The quantitative estimate of drug-likeness (QED) is 0.164. The Bertz CT molecular complexity index is 8970. The minimum atomic E-state index is 0.932. The lowest BCUT2D eigenvalue weighted by atomic mass is 10.0. The van der Waals surface area contributed by atoms with E-state index >= 15 is 0 Å². The molecular formula is C109H61N11S3. The lowest BCUT2D eigenvalue weighted by molar-refractivity contribution is 1.18. The van der Waals surface area contributed by atoms with Gasteiger partial charge in [0.05, 0.1) is 82.8 Å². The van der Waals surface area contributed by atoms with Gasteiger partial charge in [-0.15, -0.1) is 34.0 Å². The van der Waals surface area contributed by atoms with Crippen molar-refractivity contribution in [1.82, 2.24) is 51.8 Å². The maximum absolute atomic E-state index is 5.19. The fourth-order valence-corrected chi connectivity index (χ4v) is 24.3. The number of imidazole rings is 3. The van der Waals surface area contributed by atoms with Gasteiger partial charge >= 0.3 is 0 Å². The van der Waals surface area contributed by atoms with Crippen LogP contribution in [0.1, 0.15) is 0 Å². The van der Waals surface area contributed by atoms with Crippen molar-refractivity contribution in [2.75, 3.05) is 0 Å². The number of benzene rings is 16. The average molecular weight is 1620 g/mol. The SMILES string of the molecule is c1ccc(-n2c3cc4c(cc3c3c5sc6ccccc6c5ccc32)c2ccccc2n2c3ccccc3nc42)cc1.c1ccc(-n2c3cc4c(cc3c3c5sc6ccccc6c5ccc32)c2cccnc2n2c3ccccc3nc42)cc1.c1ccc(-n2c3cc4c(cc3c3c5sc6ccccc6c5ccc32)c2ncccc2n2c3ccccc3nc42)cc1. The fraction of sp³-hybridized carbons (Fsp3) is 0. The van der Waals surface area contributed by atoms with E-state index in [-0.39, 0.29) is 0 Å². The van der Waals surface area contributed by atoms with Crippen LogP contribution in [-0.4, -0.2) is 51.8 Å². The van der Waals surface area contributed by atoms with Gasteiger partial charge in [0, 0.05) is 155 Å². The summed E-state index contributed by atoms with van der Waals surface area (Å²) in [5, 5.41) is 24.9. The Morgan fingerprint density at radius 3 is 0.984 bits per heavy atom. The van der Waals surface area contributed by atoms with Crippen LogP contribution in [0.25, 0.3) is 258 Å². The smallest absolute Gasteiger partial charge is 0.147 e. The molecule has 0 bridgehead atoms. The van der Waals surface area contributed by atoms with Crippen LogP contribution in [0.4, 0.5) is 0 Å². The van der Waals surface area contributed by atoms with Crippen LogP contribution >= 0.6 is 34.0 Å². The van der Waals surface area contributed by atoms with Crippen molar-refractivity contribution in [3.63, 3.8) is 0 Å². The molecule has 0 spiro atoms. The molecular weight excluding hydrogens is 1560 g/mol. The van der Waals surface area contributed by atoms with E-state index in [0.29, 0.717) is 0 Å². The Hall–Kier alpha value is -15.7. The van der Waals surface area contributed by atoms with Gasteiger partial charge in [0.15, 0.2) is 0 Å². The summed E-state index contributed by atoms with van der Waals surface area (Å²) < 4.78 is 22.0. The van der Waals surface area contributed by atoms with Gasteiger partial charge < -0.3 is 13.7 Å². The minimum absolute atomic E-state index is 0.932. The lowest BCUT2D eigenvalue weighted by Crippen LogP contribution is -1.95. The van der Waals surface area contributed by atoms with Gasteiger partial charge in [0.1, 0.15) is 22.6 Å². The summed E-state index contributed by atoms with van der Waals surface area (Å²) in [5.74, 6) is 0. The Morgan fingerprint density at radius 2 is 0.520 bits per heavy atom. The maximum Gasteiger partial charge on any atom is 0.147 e. The van der Waals surface area contributed by atoms with Crippen molar-refractivity contribution in [2.45, 2.75) is 0 Å². The van der Waals surface area contributed by atoms with Crippen LogP contribution in [0.5, 0.6) is 0 Å². The molecule has 30 rings (SSSR count). The highest BCUT2D eigenvalue weighted by molar-refractivity contribution is 7.27. The molecule has 0 aliphatic carbocycles. The molecule has 14 heteroatoms. The molecule has 14 aromatic heterocycles. The van der Waals surface area contributed by atoms with Crippen molar-refractivity contribution >= 4 is 275 Å². The highest BCUT2D eigenvalue weighted by atomic mass is 32.1. The predicted molar refractivity (Wildman–Crippen MR) is 520 cm³/mol. The molecule has 0 saturated carbocycles. The van der Waals surface area contributed by atoms with E-state index in [4.69, 9.17) is 24.9 Å². The first-order chi connectivity index (χ1) is 61.0. The highest BCUT2D eigenvalue weighted by Crippen LogP contribution is 2.51. The van der Waals surface area contributed by atoms with E-state index < -0.39 is 0 Å². The molecule has 11 nitrogen and oxygen atoms in total. The zero-order valence-electron chi connectivity index (χ0n) is 65.4. The number of para-hydroxylation sites is 10. The summed E-state index contributed by atoms with van der Waals surface area (Å²) in [4.78, 5) is 25.3. The summed E-state index contributed by atoms with van der Waals surface area (Å²) in [6.45, 7) is 0. The Kier molecular flexibility index (Phi) is 13.9. The first kappa shape index (κ1) is 67.2. The third kappa shape index (κ3) is 9.42. The van der Waals surface area contributed by atoms with Crippen molar-refractivity contribution in [3.8, 4) is 17.1 Å². The van der Waals surface area contributed by atoms with E-state index in [1.807, 2.05) is 64.6 Å². The maximum atomic E-state index is 5.19. The number of rotatable bonds is 3. The fourth-order valence-electron chi connectivity index (χ4n) is 20.5. The predicted octanol–water partition coefficient (Wildman–Crippen LogP) is 29.6. The third-order valence-corrected chi connectivity index (χ3v) is 29.3. The molecule has 14 heterocycles. The largest absolute Gasteiger partial charge is 0.309 e. The first-order valence-electron chi connectivity index (χ1n) is 41.4. The molecule has 123 heavy (non-hydrogen) atoms. The molecule has 16 aromatic carbocycles. The van der Waals surface area contributed by atoms with Gasteiger partial charge in [-0.25, -0.2) is 19.9 Å². The standard InChI is InChI=1S/C37H21N3S.2C36H20N4S/c1-2-10-22(11-3-1)39-32-19-18-25-24-13-5-9-17-34(24)41-36(25)35(32)28-20-26-23-12-4-7-15-30(23)40-31-16-8-6-14-29(31)38-37(40)27(26)21-33(28)39;1-2-9-21(10-3-1)39-30-17-16-23-22-11-4-7-15-32(22)41-34(23)33(30)27-19-25-24-12-8-18-37-35(24)40-29-14-6-5-13-28(29)38-36(40)26(25)20-31(27)39;1-2-9-21(10-3-1)39-29-17-16-23-22-11-4-7-15-32(22)41-35(23)33(29)26-19-24-25(20-31(26)39)36-38-27-12-5-6-13-28(27)40(36)30-14-8-18-37-34(24)30/h1-21H;2*1-20H. The van der Waals surface area contributed by atoms with Crippen LogP contribution in [0.15, 0.2) is 370 Å². The lowest BCUT2D eigenvalue weighted by Gasteiger charge is -2.11. The Balaban J connectivity index is 0.0000000946. The molecule has 0 aliphatic rings. The van der Waals surface area contributed by atoms with Gasteiger partial charge in [-0.2, -0.15) is 0 Å². The van der Waals surface area contributed by atoms with Gasteiger partial charge in [-0.05, 0) is 187 Å². The van der Waals surface area contributed by atoms with Crippen LogP contribution < -0.4 is 0 Å². The highest BCUT2D eigenvalue weighted by Gasteiger charge is 2.27. The number of thiophene rings is 3. The van der Waals surface area contributed by atoms with Crippen molar-refractivity contribution < 1.29 is 0 Å². The summed E-state index contributed by atoms with van der Waals surface area (Å²) in [6, 6.07) is 129. The molecule has 0 unspecified atom stereocenters. The molecule has 0 atom stereocenters. The molecule has 0 aliphatic heterocycles. The number of nitrogens with zero attached hydrogens (tertiary/aromatic N) is 11. The van der Waals surface area contributed by atoms with Gasteiger partial charge in [0.2, 0.25) is 0 Å². The molecule has 0 saturated heterocycles. The summed E-state index contributed by atoms with van der Waals surface area (Å²) in [6.07, 6.45) is 3.78. The Morgan fingerprint density at radius 1 is 0.187 bits per heavy atom. The monoisotopic (exact) mass is 1620 g/mol. The normalized spacial score (nSPS) is 12.4. The van der Waals surface area contributed by atoms with E-state index in [2.05, 4.69) is 367 Å². The number of aromatic nitrogens is 11. The number of hydrogen-bond acceptors (Lipinski definition) is 8.